The Hall–Kier alpha value is -1.69. The molecule has 0 radical (unpaired) electrons. The van der Waals surface area contributed by atoms with Gasteiger partial charge in [-0.3, -0.25) is 10.1 Å². The van der Waals surface area contributed by atoms with Crippen molar-refractivity contribution in [3.05, 3.63) is 27.9 Å². The molecule has 0 bridgehead atoms. The van der Waals surface area contributed by atoms with Crippen molar-refractivity contribution in [3.8, 4) is 0 Å². The van der Waals surface area contributed by atoms with E-state index in [9.17, 15) is 10.1 Å². The molecule has 1 atom stereocenters. The lowest BCUT2D eigenvalue weighted by Gasteiger charge is -2.24. The first-order chi connectivity index (χ1) is 8.16. The van der Waals surface area contributed by atoms with Crippen molar-refractivity contribution in [1.29, 1.82) is 0 Å². The molecule has 92 valence electrons. The van der Waals surface area contributed by atoms with E-state index >= 15 is 0 Å². The number of rotatable bonds is 3. The Morgan fingerprint density at radius 1 is 1.65 bits per heavy atom. The van der Waals surface area contributed by atoms with Gasteiger partial charge in [0, 0.05) is 18.2 Å². The largest absolute Gasteiger partial charge is 0.366 e. The van der Waals surface area contributed by atoms with Crippen molar-refractivity contribution in [3.63, 3.8) is 0 Å². The van der Waals surface area contributed by atoms with Crippen molar-refractivity contribution >= 4 is 11.5 Å². The third kappa shape index (κ3) is 2.91. The van der Waals surface area contributed by atoms with E-state index in [4.69, 9.17) is 0 Å². The fourth-order valence-corrected chi connectivity index (χ4v) is 2.00. The number of nitrogens with one attached hydrogen (secondary N) is 2. The Kier molecular flexibility index (Phi) is 3.53. The summed E-state index contributed by atoms with van der Waals surface area (Å²) in [6.45, 7) is 3.70. The average Bonchev–Trinajstić information content (AvgIpc) is 2.30. The van der Waals surface area contributed by atoms with Gasteiger partial charge in [-0.2, -0.15) is 0 Å². The zero-order valence-corrected chi connectivity index (χ0v) is 9.77. The molecule has 1 unspecified atom stereocenters. The van der Waals surface area contributed by atoms with E-state index in [-0.39, 0.29) is 5.69 Å². The van der Waals surface area contributed by atoms with Crippen LogP contribution in [0.3, 0.4) is 0 Å². The van der Waals surface area contributed by atoms with Gasteiger partial charge in [-0.05, 0) is 32.4 Å². The van der Waals surface area contributed by atoms with Gasteiger partial charge < -0.3 is 10.6 Å². The van der Waals surface area contributed by atoms with Crippen LogP contribution < -0.4 is 10.6 Å². The van der Waals surface area contributed by atoms with Crippen molar-refractivity contribution in [2.24, 2.45) is 0 Å². The molecule has 0 amide bonds. The van der Waals surface area contributed by atoms with Gasteiger partial charge in [0.2, 0.25) is 0 Å². The van der Waals surface area contributed by atoms with Crippen molar-refractivity contribution in [1.82, 2.24) is 10.3 Å². The fourth-order valence-electron chi connectivity index (χ4n) is 2.00. The van der Waals surface area contributed by atoms with E-state index < -0.39 is 4.92 Å². The summed E-state index contributed by atoms with van der Waals surface area (Å²) >= 11 is 0. The zero-order chi connectivity index (χ0) is 12.3. The lowest BCUT2D eigenvalue weighted by molar-refractivity contribution is -0.385. The van der Waals surface area contributed by atoms with Crippen molar-refractivity contribution in [2.45, 2.75) is 25.8 Å². The Bertz CT molecular complexity index is 416. The molecule has 17 heavy (non-hydrogen) atoms. The Morgan fingerprint density at radius 3 is 3.06 bits per heavy atom. The molecule has 0 aliphatic carbocycles. The molecule has 6 heteroatoms. The van der Waals surface area contributed by atoms with Crippen LogP contribution in [0.25, 0.3) is 0 Å². The van der Waals surface area contributed by atoms with Crippen LogP contribution in [0.4, 0.5) is 11.5 Å². The minimum absolute atomic E-state index is 0.0670. The molecule has 1 aliphatic rings. The number of nitrogens with zero attached hydrogens (tertiary/aromatic N) is 2. The highest BCUT2D eigenvalue weighted by Gasteiger charge is 2.15. The number of hydrogen-bond donors (Lipinski definition) is 2. The molecule has 1 aromatic heterocycles. The van der Waals surface area contributed by atoms with Gasteiger partial charge in [0.1, 0.15) is 12.0 Å². The predicted octanol–water partition coefficient (Wildman–Crippen LogP) is 1.46. The number of aryl methyl sites for hydroxylation is 1. The molecule has 2 heterocycles. The van der Waals surface area contributed by atoms with E-state index in [2.05, 4.69) is 15.6 Å². The topological polar surface area (TPSA) is 80.1 Å². The molecule has 1 fully saturated rings. The monoisotopic (exact) mass is 236 g/mol. The fraction of sp³-hybridized carbons (Fsp3) is 0.545. The highest BCUT2D eigenvalue weighted by Crippen LogP contribution is 2.19. The van der Waals surface area contributed by atoms with Gasteiger partial charge in [0.05, 0.1) is 4.92 Å². The predicted molar refractivity (Wildman–Crippen MR) is 65.1 cm³/mol. The zero-order valence-electron chi connectivity index (χ0n) is 9.77. The third-order valence-electron chi connectivity index (χ3n) is 2.93. The van der Waals surface area contributed by atoms with Crippen molar-refractivity contribution < 1.29 is 4.92 Å². The maximum absolute atomic E-state index is 10.7. The van der Waals surface area contributed by atoms with E-state index in [1.165, 1.54) is 6.20 Å². The summed E-state index contributed by atoms with van der Waals surface area (Å²) in [6.07, 6.45) is 3.56. The van der Waals surface area contributed by atoms with E-state index in [1.807, 2.05) is 0 Å². The smallest absolute Gasteiger partial charge is 0.290 e. The molecule has 2 rings (SSSR count). The van der Waals surface area contributed by atoms with Crippen molar-refractivity contribution in [2.75, 3.05) is 18.4 Å². The lowest BCUT2D eigenvalue weighted by atomic mass is 10.1. The number of piperidine rings is 1. The summed E-state index contributed by atoms with van der Waals surface area (Å²) in [6, 6.07) is 2.09. The van der Waals surface area contributed by atoms with Gasteiger partial charge in [-0.1, -0.05) is 0 Å². The van der Waals surface area contributed by atoms with Crippen LogP contribution in [0.15, 0.2) is 12.3 Å². The quantitative estimate of drug-likeness (QED) is 0.613. The Labute approximate surface area is 99.6 Å². The van der Waals surface area contributed by atoms with Crippen LogP contribution in [0, 0.1) is 17.0 Å². The van der Waals surface area contributed by atoms with Crippen LogP contribution in [-0.4, -0.2) is 29.0 Å². The molecule has 0 spiro atoms. The summed E-state index contributed by atoms with van der Waals surface area (Å²) in [4.78, 5) is 14.3. The summed E-state index contributed by atoms with van der Waals surface area (Å²) in [5, 5.41) is 17.3. The maximum Gasteiger partial charge on any atom is 0.290 e. The number of pyridine rings is 1. The second kappa shape index (κ2) is 5.09. The van der Waals surface area contributed by atoms with Crippen LogP contribution in [0.2, 0.25) is 0 Å². The number of anilines is 1. The normalized spacial score (nSPS) is 19.9. The lowest BCUT2D eigenvalue weighted by Crippen LogP contribution is -2.38. The van der Waals surface area contributed by atoms with E-state index in [0.717, 1.165) is 25.9 Å². The molecule has 0 saturated carbocycles. The third-order valence-corrected chi connectivity index (χ3v) is 2.93. The highest BCUT2D eigenvalue weighted by molar-refractivity contribution is 5.47. The first kappa shape index (κ1) is 11.8. The summed E-state index contributed by atoms with van der Waals surface area (Å²) in [5.41, 5.74) is 0.702. The molecular weight excluding hydrogens is 220 g/mol. The van der Waals surface area contributed by atoms with E-state index in [0.29, 0.717) is 17.4 Å². The minimum atomic E-state index is -0.408. The van der Waals surface area contributed by atoms with Crippen LogP contribution in [0.1, 0.15) is 18.4 Å². The van der Waals surface area contributed by atoms with Crippen LogP contribution in [0.5, 0.6) is 0 Å². The standard InChI is InChI=1S/C11H16N4O2/c1-8-5-11(13-7-10(8)15(16)17)14-9-3-2-4-12-6-9/h5,7,9,12H,2-4,6H2,1H3,(H,13,14). The first-order valence-corrected chi connectivity index (χ1v) is 5.75. The van der Waals surface area contributed by atoms with E-state index in [1.54, 1.807) is 13.0 Å². The van der Waals surface area contributed by atoms with Gasteiger partial charge in [-0.15, -0.1) is 0 Å². The number of nitro groups is 1. The molecular formula is C11H16N4O2. The van der Waals surface area contributed by atoms with Crippen LogP contribution >= 0.6 is 0 Å². The minimum Gasteiger partial charge on any atom is -0.366 e. The second-order valence-electron chi connectivity index (χ2n) is 4.30. The highest BCUT2D eigenvalue weighted by atomic mass is 16.6. The molecule has 0 aromatic carbocycles. The summed E-state index contributed by atoms with van der Waals surface area (Å²) in [7, 11) is 0. The maximum atomic E-state index is 10.7. The average molecular weight is 236 g/mol. The Morgan fingerprint density at radius 2 is 2.47 bits per heavy atom. The second-order valence-corrected chi connectivity index (χ2v) is 4.30. The van der Waals surface area contributed by atoms with Gasteiger partial charge in [0.25, 0.3) is 5.69 Å². The number of hydrogen-bond acceptors (Lipinski definition) is 5. The molecule has 1 aromatic rings. The molecule has 1 aliphatic heterocycles. The first-order valence-electron chi connectivity index (χ1n) is 5.75. The summed E-state index contributed by atoms with van der Waals surface area (Å²) in [5.74, 6) is 0.710. The molecule has 6 nitrogen and oxygen atoms in total. The number of aromatic nitrogens is 1. The van der Waals surface area contributed by atoms with Gasteiger partial charge in [0.15, 0.2) is 0 Å². The van der Waals surface area contributed by atoms with Gasteiger partial charge in [-0.25, -0.2) is 4.98 Å². The SMILES string of the molecule is Cc1cc(NC2CCCNC2)ncc1[N+](=O)[O-]. The Balaban J connectivity index is 2.06. The summed E-state index contributed by atoms with van der Waals surface area (Å²) < 4.78 is 0. The van der Waals surface area contributed by atoms with Crippen LogP contribution in [-0.2, 0) is 0 Å². The molecule has 1 saturated heterocycles. The van der Waals surface area contributed by atoms with Gasteiger partial charge >= 0.3 is 0 Å². The molecule has 2 N–H and O–H groups in total.